The Hall–Kier alpha value is -2.68. The van der Waals surface area contributed by atoms with Crippen LogP contribution in [-0.4, -0.2) is 35.6 Å². The van der Waals surface area contributed by atoms with Gasteiger partial charge in [0, 0.05) is 24.9 Å². The number of ether oxygens (including phenoxy) is 2. The van der Waals surface area contributed by atoms with E-state index in [4.69, 9.17) is 9.47 Å². The summed E-state index contributed by atoms with van der Waals surface area (Å²) in [7, 11) is 0. The normalized spacial score (nSPS) is 13.7. The van der Waals surface area contributed by atoms with Gasteiger partial charge in [-0.2, -0.15) is 13.2 Å². The van der Waals surface area contributed by atoms with Crippen LogP contribution in [0.1, 0.15) is 28.3 Å². The molecule has 3 rings (SSSR count). The predicted molar refractivity (Wildman–Crippen MR) is 93.8 cm³/mol. The van der Waals surface area contributed by atoms with Crippen LogP contribution in [0, 0.1) is 6.92 Å². The Labute approximate surface area is 160 Å². The SMILES string of the molecule is Cc1ccccc1OCC(=O)NCCc1nc2c(c(C(F)(F)F)n1)COCC2. The minimum absolute atomic E-state index is 0.00170. The molecule has 1 amide bonds. The number of hydrogen-bond acceptors (Lipinski definition) is 5. The zero-order valence-corrected chi connectivity index (χ0v) is 15.3. The minimum atomic E-state index is -4.58. The van der Waals surface area contributed by atoms with E-state index in [1.807, 2.05) is 19.1 Å². The molecule has 0 spiro atoms. The lowest BCUT2D eigenvalue weighted by atomic mass is 10.1. The molecule has 1 aromatic carbocycles. The van der Waals surface area contributed by atoms with Crippen LogP contribution in [-0.2, 0) is 35.2 Å². The summed E-state index contributed by atoms with van der Waals surface area (Å²) < 4.78 is 50.3. The fourth-order valence-electron chi connectivity index (χ4n) is 2.86. The zero-order chi connectivity index (χ0) is 20.1. The molecule has 1 aliphatic rings. The van der Waals surface area contributed by atoms with E-state index in [0.29, 0.717) is 24.5 Å². The second kappa shape index (κ2) is 8.55. The first-order valence-electron chi connectivity index (χ1n) is 8.83. The number of fused-ring (bicyclic) bond motifs is 1. The van der Waals surface area contributed by atoms with Crippen molar-refractivity contribution in [2.75, 3.05) is 19.8 Å². The monoisotopic (exact) mass is 395 g/mol. The maximum Gasteiger partial charge on any atom is 0.433 e. The molecule has 0 radical (unpaired) electrons. The van der Waals surface area contributed by atoms with Crippen molar-refractivity contribution in [3.63, 3.8) is 0 Å². The van der Waals surface area contributed by atoms with Crippen molar-refractivity contribution in [1.82, 2.24) is 15.3 Å². The highest BCUT2D eigenvalue weighted by Crippen LogP contribution is 2.33. The van der Waals surface area contributed by atoms with E-state index < -0.39 is 11.9 Å². The van der Waals surface area contributed by atoms with Crippen molar-refractivity contribution in [1.29, 1.82) is 0 Å². The Morgan fingerprint density at radius 3 is 2.82 bits per heavy atom. The molecule has 150 valence electrons. The number of aryl methyl sites for hydroxylation is 1. The lowest BCUT2D eigenvalue weighted by molar-refractivity contribution is -0.143. The summed E-state index contributed by atoms with van der Waals surface area (Å²) in [4.78, 5) is 19.8. The molecular weight excluding hydrogens is 375 g/mol. The molecular formula is C19H20F3N3O3. The first-order chi connectivity index (χ1) is 13.3. The van der Waals surface area contributed by atoms with Gasteiger partial charge < -0.3 is 14.8 Å². The van der Waals surface area contributed by atoms with Gasteiger partial charge in [0.25, 0.3) is 5.91 Å². The molecule has 0 atom stereocenters. The van der Waals surface area contributed by atoms with Gasteiger partial charge in [0.1, 0.15) is 11.6 Å². The summed E-state index contributed by atoms with van der Waals surface area (Å²) in [5, 5.41) is 2.61. The zero-order valence-electron chi connectivity index (χ0n) is 15.3. The van der Waals surface area contributed by atoms with E-state index in [1.165, 1.54) is 0 Å². The number of para-hydroxylation sites is 1. The molecule has 28 heavy (non-hydrogen) atoms. The number of carbonyl (C=O) groups is 1. The number of benzene rings is 1. The van der Waals surface area contributed by atoms with Crippen LogP contribution in [0.5, 0.6) is 5.75 Å². The maximum atomic E-state index is 13.3. The summed E-state index contributed by atoms with van der Waals surface area (Å²) in [5.74, 6) is 0.284. The van der Waals surface area contributed by atoms with Crippen molar-refractivity contribution < 1.29 is 27.4 Å². The van der Waals surface area contributed by atoms with Crippen LogP contribution in [0.15, 0.2) is 24.3 Å². The van der Waals surface area contributed by atoms with E-state index in [2.05, 4.69) is 15.3 Å². The van der Waals surface area contributed by atoms with Gasteiger partial charge in [-0.05, 0) is 18.6 Å². The van der Waals surface area contributed by atoms with Gasteiger partial charge in [-0.15, -0.1) is 0 Å². The molecule has 2 aromatic rings. The number of alkyl halides is 3. The molecule has 1 aromatic heterocycles. The molecule has 0 fully saturated rings. The van der Waals surface area contributed by atoms with E-state index in [1.54, 1.807) is 12.1 Å². The molecule has 1 aliphatic heterocycles. The highest BCUT2D eigenvalue weighted by atomic mass is 19.4. The quantitative estimate of drug-likeness (QED) is 0.814. The van der Waals surface area contributed by atoms with Crippen molar-refractivity contribution in [3.8, 4) is 5.75 Å². The van der Waals surface area contributed by atoms with Gasteiger partial charge in [0.05, 0.1) is 18.9 Å². The number of hydrogen-bond donors (Lipinski definition) is 1. The van der Waals surface area contributed by atoms with Crippen LogP contribution >= 0.6 is 0 Å². The fraction of sp³-hybridized carbons (Fsp3) is 0.421. The summed E-state index contributed by atoms with van der Waals surface area (Å²) in [6.45, 7) is 1.98. The Morgan fingerprint density at radius 2 is 2.07 bits per heavy atom. The third-order valence-corrected chi connectivity index (χ3v) is 4.26. The summed E-state index contributed by atoms with van der Waals surface area (Å²) in [6.07, 6.45) is -4.18. The van der Waals surface area contributed by atoms with Crippen molar-refractivity contribution in [3.05, 3.63) is 52.6 Å². The molecule has 9 heteroatoms. The van der Waals surface area contributed by atoms with Crippen LogP contribution in [0.4, 0.5) is 13.2 Å². The van der Waals surface area contributed by atoms with Gasteiger partial charge in [-0.1, -0.05) is 18.2 Å². The standard InChI is InChI=1S/C19H20F3N3O3/c1-12-4-2-3-5-15(12)28-11-17(26)23-8-6-16-24-14-7-9-27-10-13(14)18(25-16)19(20,21)22/h2-5H,6-11H2,1H3,(H,23,26). The van der Waals surface area contributed by atoms with Crippen LogP contribution < -0.4 is 10.1 Å². The number of rotatable bonds is 6. The third kappa shape index (κ3) is 4.98. The molecule has 0 bridgehead atoms. The number of nitrogens with zero attached hydrogens (tertiary/aromatic N) is 2. The first-order valence-corrected chi connectivity index (χ1v) is 8.83. The van der Waals surface area contributed by atoms with Gasteiger partial charge in [-0.3, -0.25) is 4.79 Å². The molecule has 0 unspecified atom stereocenters. The molecule has 0 saturated heterocycles. The van der Waals surface area contributed by atoms with E-state index in [9.17, 15) is 18.0 Å². The highest BCUT2D eigenvalue weighted by molar-refractivity contribution is 5.77. The molecule has 1 N–H and O–H groups in total. The summed E-state index contributed by atoms with van der Waals surface area (Å²) in [5.41, 5.74) is 0.304. The molecule has 2 heterocycles. The first kappa shape index (κ1) is 20.1. The van der Waals surface area contributed by atoms with Gasteiger partial charge >= 0.3 is 6.18 Å². The number of nitrogens with one attached hydrogen (secondary N) is 1. The summed E-state index contributed by atoms with van der Waals surface area (Å²) >= 11 is 0. The Bertz CT molecular complexity index is 856. The largest absolute Gasteiger partial charge is 0.484 e. The van der Waals surface area contributed by atoms with Crippen molar-refractivity contribution in [2.45, 2.75) is 32.5 Å². The predicted octanol–water partition coefficient (Wildman–Crippen LogP) is 2.61. The van der Waals surface area contributed by atoms with E-state index >= 15 is 0 Å². The van der Waals surface area contributed by atoms with Crippen LogP contribution in [0.3, 0.4) is 0 Å². The average molecular weight is 395 g/mol. The van der Waals surface area contributed by atoms with E-state index in [-0.39, 0.29) is 43.5 Å². The van der Waals surface area contributed by atoms with E-state index in [0.717, 1.165) is 5.56 Å². The van der Waals surface area contributed by atoms with Crippen LogP contribution in [0.25, 0.3) is 0 Å². The van der Waals surface area contributed by atoms with Crippen molar-refractivity contribution >= 4 is 5.91 Å². The Kier molecular flexibility index (Phi) is 6.13. The lowest BCUT2D eigenvalue weighted by Gasteiger charge is -2.20. The molecule has 6 nitrogen and oxygen atoms in total. The van der Waals surface area contributed by atoms with Gasteiger partial charge in [0.15, 0.2) is 12.3 Å². The number of carbonyl (C=O) groups excluding carboxylic acids is 1. The van der Waals surface area contributed by atoms with Gasteiger partial charge in [-0.25, -0.2) is 9.97 Å². The number of aromatic nitrogens is 2. The molecule has 0 saturated carbocycles. The van der Waals surface area contributed by atoms with Gasteiger partial charge in [0.2, 0.25) is 0 Å². The lowest BCUT2D eigenvalue weighted by Crippen LogP contribution is -2.31. The Balaban J connectivity index is 1.57. The van der Waals surface area contributed by atoms with Crippen molar-refractivity contribution in [2.24, 2.45) is 0 Å². The smallest absolute Gasteiger partial charge is 0.433 e. The summed E-state index contributed by atoms with van der Waals surface area (Å²) in [6, 6.07) is 7.29. The maximum absolute atomic E-state index is 13.3. The second-order valence-corrected chi connectivity index (χ2v) is 6.37. The fourth-order valence-corrected chi connectivity index (χ4v) is 2.86. The topological polar surface area (TPSA) is 73.3 Å². The minimum Gasteiger partial charge on any atom is -0.484 e. The Morgan fingerprint density at radius 1 is 1.29 bits per heavy atom. The highest BCUT2D eigenvalue weighted by Gasteiger charge is 2.38. The molecule has 0 aliphatic carbocycles. The third-order valence-electron chi connectivity index (χ3n) is 4.26. The number of amides is 1. The average Bonchev–Trinajstić information content (AvgIpc) is 2.66. The number of halogens is 3. The van der Waals surface area contributed by atoms with Crippen LogP contribution in [0.2, 0.25) is 0 Å². The second-order valence-electron chi connectivity index (χ2n) is 6.37.